The fraction of sp³-hybridized carbons (Fsp3) is 0.0741. The Morgan fingerprint density at radius 1 is 0.677 bits per heavy atom. The van der Waals surface area contributed by atoms with Gasteiger partial charge in [0.1, 0.15) is 11.5 Å². The lowest BCUT2D eigenvalue weighted by Crippen LogP contribution is -2.02. The van der Waals surface area contributed by atoms with Crippen molar-refractivity contribution in [1.29, 1.82) is 0 Å². The number of rotatable bonds is 6. The number of benzene rings is 4. The molecule has 0 fully saturated rings. The molecule has 0 aliphatic carbocycles. The lowest BCUT2D eigenvalue weighted by atomic mass is 10.0. The second-order valence-corrected chi connectivity index (χ2v) is 8.09. The van der Waals surface area contributed by atoms with Gasteiger partial charge in [0.25, 0.3) is 0 Å². The maximum Gasteiger partial charge on any atom is 0.308 e. The van der Waals surface area contributed by atoms with Crippen molar-refractivity contribution in [1.82, 2.24) is 0 Å². The molecular formula is C27H22O3S. The fourth-order valence-corrected chi connectivity index (χ4v) is 4.29. The molecule has 0 aliphatic rings. The lowest BCUT2D eigenvalue weighted by molar-refractivity contribution is -0.131. The maximum absolute atomic E-state index is 11.6. The Morgan fingerprint density at radius 2 is 1.16 bits per heavy atom. The van der Waals surface area contributed by atoms with E-state index in [1.807, 2.05) is 66.7 Å². The minimum absolute atomic E-state index is 0.333. The van der Waals surface area contributed by atoms with Crippen LogP contribution in [0.15, 0.2) is 107 Å². The van der Waals surface area contributed by atoms with Crippen LogP contribution < -0.4 is 9.47 Å². The summed E-state index contributed by atoms with van der Waals surface area (Å²) in [5.74, 6) is 1.06. The van der Waals surface area contributed by atoms with Crippen LogP contribution in [0.25, 0.3) is 22.3 Å². The monoisotopic (exact) mass is 426 g/mol. The van der Waals surface area contributed by atoms with E-state index in [4.69, 9.17) is 9.47 Å². The summed E-state index contributed by atoms with van der Waals surface area (Å²) < 4.78 is 11.0. The topological polar surface area (TPSA) is 35.5 Å². The van der Waals surface area contributed by atoms with Crippen LogP contribution in [0.2, 0.25) is 0 Å². The Kier molecular flexibility index (Phi) is 6.39. The standard InChI is InChI=1S/C27H22O3S/c1-19(28)30-27-16-14-23(18-25(27)21-11-7-4-8-12-21)31-22-13-15-26(29-2)24(17-22)20-9-5-3-6-10-20/h3-18H,1-2H3. The van der Waals surface area contributed by atoms with Gasteiger partial charge < -0.3 is 9.47 Å². The molecule has 0 aliphatic heterocycles. The SMILES string of the molecule is COc1ccc(Sc2ccc(OC(C)=O)c(-c3ccccc3)c2)cc1-c1ccccc1. The molecule has 4 heteroatoms. The molecule has 0 N–H and O–H groups in total. The summed E-state index contributed by atoms with van der Waals surface area (Å²) in [7, 11) is 1.69. The molecule has 4 aromatic carbocycles. The van der Waals surface area contributed by atoms with Crippen LogP contribution in [0.5, 0.6) is 11.5 Å². The van der Waals surface area contributed by atoms with Crippen molar-refractivity contribution in [3.63, 3.8) is 0 Å². The van der Waals surface area contributed by atoms with E-state index in [9.17, 15) is 4.79 Å². The van der Waals surface area contributed by atoms with Gasteiger partial charge in [-0.05, 0) is 47.5 Å². The maximum atomic E-state index is 11.6. The summed E-state index contributed by atoms with van der Waals surface area (Å²) in [6.07, 6.45) is 0. The van der Waals surface area contributed by atoms with Crippen LogP contribution in [0.1, 0.15) is 6.92 Å². The highest BCUT2D eigenvalue weighted by Gasteiger charge is 2.12. The molecular weight excluding hydrogens is 404 g/mol. The minimum atomic E-state index is -0.333. The molecule has 4 rings (SSSR count). The Labute approximate surface area is 186 Å². The summed E-state index contributed by atoms with van der Waals surface area (Å²) in [6.45, 7) is 1.42. The van der Waals surface area contributed by atoms with Gasteiger partial charge in [0.15, 0.2) is 0 Å². The minimum Gasteiger partial charge on any atom is -0.496 e. The molecule has 0 saturated heterocycles. The van der Waals surface area contributed by atoms with E-state index >= 15 is 0 Å². The molecule has 4 aromatic rings. The zero-order valence-electron chi connectivity index (χ0n) is 17.4. The summed E-state index contributed by atoms with van der Waals surface area (Å²) >= 11 is 1.66. The van der Waals surface area contributed by atoms with Crippen LogP contribution in [-0.4, -0.2) is 13.1 Å². The van der Waals surface area contributed by atoms with E-state index in [2.05, 4.69) is 30.3 Å². The second kappa shape index (κ2) is 9.54. The van der Waals surface area contributed by atoms with Gasteiger partial charge in [-0.1, -0.05) is 72.4 Å². The first-order chi connectivity index (χ1) is 15.1. The summed E-state index contributed by atoms with van der Waals surface area (Å²) in [5, 5.41) is 0. The smallest absolute Gasteiger partial charge is 0.308 e. The summed E-state index contributed by atoms with van der Waals surface area (Å²) in [5.41, 5.74) is 4.04. The highest BCUT2D eigenvalue weighted by atomic mass is 32.2. The molecule has 0 bridgehead atoms. The van der Waals surface area contributed by atoms with E-state index in [0.717, 1.165) is 37.8 Å². The summed E-state index contributed by atoms with van der Waals surface area (Å²) in [4.78, 5) is 13.7. The third-order valence-electron chi connectivity index (χ3n) is 4.78. The third-order valence-corrected chi connectivity index (χ3v) is 5.76. The van der Waals surface area contributed by atoms with Crippen molar-refractivity contribution >= 4 is 17.7 Å². The molecule has 3 nitrogen and oxygen atoms in total. The van der Waals surface area contributed by atoms with Gasteiger partial charge in [-0.3, -0.25) is 4.79 Å². The first-order valence-electron chi connectivity index (χ1n) is 9.93. The zero-order valence-corrected chi connectivity index (χ0v) is 18.2. The first kappa shape index (κ1) is 20.8. The van der Waals surface area contributed by atoms with Gasteiger partial charge in [0, 0.05) is 27.8 Å². The van der Waals surface area contributed by atoms with Crippen molar-refractivity contribution in [2.45, 2.75) is 16.7 Å². The van der Waals surface area contributed by atoms with Crippen molar-refractivity contribution < 1.29 is 14.3 Å². The van der Waals surface area contributed by atoms with Gasteiger partial charge >= 0.3 is 5.97 Å². The van der Waals surface area contributed by atoms with E-state index in [-0.39, 0.29) is 5.97 Å². The molecule has 0 radical (unpaired) electrons. The number of hydrogen-bond acceptors (Lipinski definition) is 4. The quantitative estimate of drug-likeness (QED) is 0.243. The molecule has 31 heavy (non-hydrogen) atoms. The fourth-order valence-electron chi connectivity index (χ4n) is 3.39. The first-order valence-corrected chi connectivity index (χ1v) is 10.7. The Hall–Kier alpha value is -3.50. The van der Waals surface area contributed by atoms with E-state index in [1.54, 1.807) is 18.9 Å². The largest absolute Gasteiger partial charge is 0.496 e. The number of esters is 1. The number of ether oxygens (including phenoxy) is 2. The summed E-state index contributed by atoms with van der Waals surface area (Å²) in [6, 6.07) is 32.2. The van der Waals surface area contributed by atoms with Crippen molar-refractivity contribution in [3.05, 3.63) is 97.1 Å². The number of carbonyl (C=O) groups is 1. The highest BCUT2D eigenvalue weighted by molar-refractivity contribution is 7.99. The number of hydrogen-bond donors (Lipinski definition) is 0. The van der Waals surface area contributed by atoms with Crippen LogP contribution in [0.3, 0.4) is 0 Å². The van der Waals surface area contributed by atoms with E-state index < -0.39 is 0 Å². The number of methoxy groups -OCH3 is 1. The molecule has 0 amide bonds. The van der Waals surface area contributed by atoms with Gasteiger partial charge in [0.05, 0.1) is 7.11 Å². The highest BCUT2D eigenvalue weighted by Crippen LogP contribution is 2.39. The van der Waals surface area contributed by atoms with Gasteiger partial charge in [-0.15, -0.1) is 0 Å². The van der Waals surface area contributed by atoms with Gasteiger partial charge in [0.2, 0.25) is 0 Å². The average molecular weight is 427 g/mol. The molecule has 0 atom stereocenters. The normalized spacial score (nSPS) is 10.5. The molecule has 0 saturated carbocycles. The van der Waals surface area contributed by atoms with Crippen LogP contribution >= 0.6 is 11.8 Å². The van der Waals surface area contributed by atoms with Crippen LogP contribution in [-0.2, 0) is 4.79 Å². The van der Waals surface area contributed by atoms with Gasteiger partial charge in [-0.25, -0.2) is 0 Å². The Bertz CT molecular complexity index is 1190. The van der Waals surface area contributed by atoms with Crippen LogP contribution in [0, 0.1) is 0 Å². The Morgan fingerprint density at radius 3 is 1.65 bits per heavy atom. The average Bonchev–Trinajstić information content (AvgIpc) is 2.81. The lowest BCUT2D eigenvalue weighted by Gasteiger charge is -2.13. The van der Waals surface area contributed by atoms with E-state index in [1.165, 1.54) is 6.92 Å². The predicted molar refractivity (Wildman–Crippen MR) is 126 cm³/mol. The third kappa shape index (κ3) is 4.98. The Balaban J connectivity index is 1.70. The molecule has 0 heterocycles. The molecule has 0 spiro atoms. The molecule has 0 aromatic heterocycles. The second-order valence-electron chi connectivity index (χ2n) is 6.95. The number of carbonyl (C=O) groups excluding carboxylic acids is 1. The van der Waals surface area contributed by atoms with Crippen molar-refractivity contribution in [2.75, 3.05) is 7.11 Å². The molecule has 0 unspecified atom stereocenters. The predicted octanol–water partition coefficient (Wildman–Crippen LogP) is 7.11. The van der Waals surface area contributed by atoms with E-state index in [0.29, 0.717) is 5.75 Å². The zero-order chi connectivity index (χ0) is 21.6. The molecule has 154 valence electrons. The van der Waals surface area contributed by atoms with Crippen molar-refractivity contribution in [2.24, 2.45) is 0 Å². The van der Waals surface area contributed by atoms with Gasteiger partial charge in [-0.2, -0.15) is 0 Å². The van der Waals surface area contributed by atoms with Crippen LogP contribution in [0.4, 0.5) is 0 Å². The van der Waals surface area contributed by atoms with Crippen molar-refractivity contribution in [3.8, 4) is 33.8 Å².